The molecule has 0 unspecified atom stereocenters. The molecule has 0 spiro atoms. The molecule has 0 N–H and O–H groups in total. The van der Waals surface area contributed by atoms with Crippen LogP contribution in [0.5, 0.6) is 0 Å². The van der Waals surface area contributed by atoms with Gasteiger partial charge in [-0.2, -0.15) is 0 Å². The van der Waals surface area contributed by atoms with Crippen molar-refractivity contribution in [1.82, 2.24) is 0 Å². The van der Waals surface area contributed by atoms with Gasteiger partial charge in [0, 0.05) is 48.0 Å². The fraction of sp³-hybridized carbons (Fsp3) is 0.0149. The summed E-state index contributed by atoms with van der Waals surface area (Å²) in [6, 6.07) is 95.6. The molecule has 70 heavy (non-hydrogen) atoms. The van der Waals surface area contributed by atoms with Gasteiger partial charge >= 0.3 is 0 Å². The first-order valence-electron chi connectivity index (χ1n) is 24.0. The molecule has 2 heterocycles. The Hall–Kier alpha value is -8.76. The number of benzene rings is 11. The van der Waals surface area contributed by atoms with Crippen LogP contribution in [-0.2, 0) is 5.41 Å². The van der Waals surface area contributed by atoms with Gasteiger partial charge in [-0.3, -0.25) is 0 Å². The number of hydrogen-bond donors (Lipinski definition) is 0. The van der Waals surface area contributed by atoms with Crippen molar-refractivity contribution in [2.75, 3.05) is 4.90 Å². The van der Waals surface area contributed by atoms with E-state index in [2.05, 4.69) is 254 Å². The summed E-state index contributed by atoms with van der Waals surface area (Å²) in [5.41, 5.74) is 19.2. The van der Waals surface area contributed by atoms with Gasteiger partial charge < -0.3 is 9.32 Å². The first-order valence-corrected chi connectivity index (χ1v) is 24.8. The Morgan fingerprint density at radius 3 is 1.57 bits per heavy atom. The van der Waals surface area contributed by atoms with Crippen LogP contribution in [0.4, 0.5) is 17.1 Å². The van der Waals surface area contributed by atoms with E-state index in [1.807, 2.05) is 23.5 Å². The fourth-order valence-electron chi connectivity index (χ4n) is 11.3. The average Bonchev–Trinajstić information content (AvgIpc) is 4.10. The van der Waals surface area contributed by atoms with Crippen LogP contribution >= 0.6 is 11.3 Å². The third kappa shape index (κ3) is 6.40. The number of furan rings is 1. The highest BCUT2D eigenvalue weighted by atomic mass is 32.1. The molecule has 0 bridgehead atoms. The SMILES string of the molecule is c1ccc(C2(c3ccccc3)c3ccccc3-c3cc(N(c4ccc(-c5cccc(-c6ccc7sc8ccccc8c7c6)c5)cc4)c4ccc(-c5ccc6c(c5)oc5ccccc56)cc4)ccc32)cc1. The largest absolute Gasteiger partial charge is 0.456 e. The van der Waals surface area contributed by atoms with Crippen molar-refractivity contribution in [2.24, 2.45) is 0 Å². The van der Waals surface area contributed by atoms with E-state index in [0.717, 1.165) is 50.1 Å². The van der Waals surface area contributed by atoms with Crippen LogP contribution in [0.1, 0.15) is 22.3 Å². The molecular formula is C67H43NOS. The van der Waals surface area contributed by atoms with Crippen molar-refractivity contribution >= 4 is 70.5 Å². The van der Waals surface area contributed by atoms with Crippen molar-refractivity contribution in [3.8, 4) is 44.5 Å². The molecule has 11 aromatic carbocycles. The van der Waals surface area contributed by atoms with E-state index in [0.29, 0.717) is 0 Å². The maximum absolute atomic E-state index is 6.31. The first-order chi connectivity index (χ1) is 34.7. The number of anilines is 3. The molecule has 1 aliphatic carbocycles. The standard InChI is InChI=1S/C67H43NOS/c1-3-16-50(17-4-1)67(51-18-5-2-6-19-51)61-23-10-7-20-55(61)59-43-54(36-38-62(59)67)68(53-34-28-45(29-35-53)49-30-37-57-56-21-8-11-24-63(56)69-64(57)42-49)52-32-26-44(27-33-52)46-14-13-15-47(40-46)48-31-39-66-60(41-48)58-22-9-12-25-65(58)70-66/h1-43H. The van der Waals surface area contributed by atoms with Gasteiger partial charge in [-0.1, -0.05) is 182 Å². The summed E-state index contributed by atoms with van der Waals surface area (Å²) < 4.78 is 8.96. The lowest BCUT2D eigenvalue weighted by atomic mass is 9.68. The average molecular weight is 910 g/mol. The first kappa shape index (κ1) is 40.3. The lowest BCUT2D eigenvalue weighted by Crippen LogP contribution is -2.28. The topological polar surface area (TPSA) is 16.4 Å². The Morgan fingerprint density at radius 1 is 0.300 bits per heavy atom. The van der Waals surface area contributed by atoms with Crippen molar-refractivity contribution < 1.29 is 4.42 Å². The third-order valence-electron chi connectivity index (χ3n) is 14.6. The number of para-hydroxylation sites is 1. The maximum Gasteiger partial charge on any atom is 0.136 e. The molecule has 0 fully saturated rings. The molecule has 328 valence electrons. The van der Waals surface area contributed by atoms with E-state index in [4.69, 9.17) is 4.42 Å². The van der Waals surface area contributed by atoms with Gasteiger partial charge in [0.25, 0.3) is 0 Å². The maximum atomic E-state index is 6.31. The second-order valence-electron chi connectivity index (χ2n) is 18.4. The van der Waals surface area contributed by atoms with Crippen LogP contribution < -0.4 is 4.90 Å². The molecule has 0 radical (unpaired) electrons. The molecule has 0 aliphatic heterocycles. The monoisotopic (exact) mass is 909 g/mol. The second-order valence-corrected chi connectivity index (χ2v) is 19.5. The Kier molecular flexibility index (Phi) is 9.33. The zero-order valence-corrected chi connectivity index (χ0v) is 38.9. The van der Waals surface area contributed by atoms with Crippen molar-refractivity contribution in [3.63, 3.8) is 0 Å². The van der Waals surface area contributed by atoms with Gasteiger partial charge in [0.05, 0.1) is 5.41 Å². The van der Waals surface area contributed by atoms with Gasteiger partial charge in [0.15, 0.2) is 0 Å². The fourth-order valence-corrected chi connectivity index (χ4v) is 12.4. The molecule has 0 amide bonds. The molecule has 3 heteroatoms. The van der Waals surface area contributed by atoms with Crippen molar-refractivity contribution in [1.29, 1.82) is 0 Å². The van der Waals surface area contributed by atoms with E-state index < -0.39 is 5.41 Å². The lowest BCUT2D eigenvalue weighted by molar-refractivity contribution is 0.669. The Morgan fingerprint density at radius 2 is 0.829 bits per heavy atom. The lowest BCUT2D eigenvalue weighted by Gasteiger charge is -2.34. The molecule has 13 aromatic rings. The van der Waals surface area contributed by atoms with E-state index in [9.17, 15) is 0 Å². The predicted molar refractivity (Wildman–Crippen MR) is 295 cm³/mol. The summed E-state index contributed by atoms with van der Waals surface area (Å²) >= 11 is 1.86. The normalized spacial score (nSPS) is 12.7. The van der Waals surface area contributed by atoms with Crippen molar-refractivity contribution in [2.45, 2.75) is 5.41 Å². The van der Waals surface area contributed by atoms with Crippen LogP contribution in [0, 0.1) is 0 Å². The molecule has 14 rings (SSSR count). The Bertz CT molecular complexity index is 4070. The van der Waals surface area contributed by atoms with E-state index in [-0.39, 0.29) is 0 Å². The highest BCUT2D eigenvalue weighted by Crippen LogP contribution is 2.57. The number of nitrogens with zero attached hydrogens (tertiary/aromatic N) is 1. The second kappa shape index (κ2) is 16.2. The summed E-state index contributed by atoms with van der Waals surface area (Å²) in [6.07, 6.45) is 0. The van der Waals surface area contributed by atoms with Crippen LogP contribution in [0.2, 0.25) is 0 Å². The molecule has 0 saturated carbocycles. The number of fused-ring (bicyclic) bond motifs is 9. The zero-order chi connectivity index (χ0) is 46.2. The van der Waals surface area contributed by atoms with Crippen LogP contribution in [-0.4, -0.2) is 0 Å². The Labute approximate surface area is 410 Å². The minimum Gasteiger partial charge on any atom is -0.456 e. The van der Waals surface area contributed by atoms with Gasteiger partial charge in [-0.15, -0.1) is 11.3 Å². The third-order valence-corrected chi connectivity index (χ3v) is 15.7. The molecular weight excluding hydrogens is 867 g/mol. The molecule has 0 saturated heterocycles. The summed E-state index contributed by atoms with van der Waals surface area (Å²) in [7, 11) is 0. The molecule has 1 aliphatic rings. The van der Waals surface area contributed by atoms with Gasteiger partial charge in [0.1, 0.15) is 11.2 Å². The van der Waals surface area contributed by atoms with Crippen LogP contribution in [0.3, 0.4) is 0 Å². The Balaban J connectivity index is 0.883. The van der Waals surface area contributed by atoms with Gasteiger partial charge in [-0.05, 0) is 146 Å². The zero-order valence-electron chi connectivity index (χ0n) is 38.1. The quantitative estimate of drug-likeness (QED) is 0.151. The molecule has 2 nitrogen and oxygen atoms in total. The van der Waals surface area contributed by atoms with E-state index in [1.165, 1.54) is 75.8 Å². The summed E-state index contributed by atoms with van der Waals surface area (Å²) in [5, 5.41) is 4.90. The summed E-state index contributed by atoms with van der Waals surface area (Å²) in [5.74, 6) is 0. The highest BCUT2D eigenvalue weighted by Gasteiger charge is 2.46. The summed E-state index contributed by atoms with van der Waals surface area (Å²) in [6.45, 7) is 0. The van der Waals surface area contributed by atoms with Crippen molar-refractivity contribution in [3.05, 3.63) is 283 Å². The number of hydrogen-bond acceptors (Lipinski definition) is 3. The van der Waals surface area contributed by atoms with Crippen LogP contribution in [0.15, 0.2) is 265 Å². The predicted octanol–water partition coefficient (Wildman–Crippen LogP) is 18.8. The van der Waals surface area contributed by atoms with Crippen LogP contribution in [0.25, 0.3) is 86.6 Å². The number of rotatable bonds is 8. The smallest absolute Gasteiger partial charge is 0.136 e. The van der Waals surface area contributed by atoms with Gasteiger partial charge in [0.2, 0.25) is 0 Å². The van der Waals surface area contributed by atoms with E-state index in [1.54, 1.807) is 0 Å². The van der Waals surface area contributed by atoms with E-state index >= 15 is 0 Å². The number of thiophene rings is 1. The van der Waals surface area contributed by atoms with Gasteiger partial charge in [-0.25, -0.2) is 0 Å². The minimum absolute atomic E-state index is 0.472. The minimum atomic E-state index is -0.472. The molecule has 2 aromatic heterocycles. The molecule has 0 atom stereocenters. The summed E-state index contributed by atoms with van der Waals surface area (Å²) in [4.78, 5) is 2.40. The highest BCUT2D eigenvalue weighted by molar-refractivity contribution is 7.25.